The molecule has 2 fully saturated rings. The molecule has 0 bridgehead atoms. The maximum atomic E-state index is 12.7. The van der Waals surface area contributed by atoms with Crippen LogP contribution in [-0.2, 0) is 9.59 Å². The van der Waals surface area contributed by atoms with Crippen LogP contribution in [-0.4, -0.2) is 98.4 Å². The molecule has 0 radical (unpaired) electrons. The van der Waals surface area contributed by atoms with Gasteiger partial charge in [0.1, 0.15) is 0 Å². The van der Waals surface area contributed by atoms with Crippen molar-refractivity contribution in [3.05, 3.63) is 0 Å². The first kappa shape index (κ1) is 23.4. The SMILES string of the molecule is CN=C(NCCNC(=O)C(C)C)N1CCN(CC(=O)N2CC(C)CC(C)C2)CC1. The number of aliphatic imine (C=N–C) groups is 1. The van der Waals surface area contributed by atoms with E-state index < -0.39 is 0 Å². The molecule has 8 nitrogen and oxygen atoms in total. The number of piperidine rings is 1. The lowest BCUT2D eigenvalue weighted by atomic mass is 9.92. The first-order valence-corrected chi connectivity index (χ1v) is 11.0. The molecule has 0 aromatic rings. The van der Waals surface area contributed by atoms with Crippen molar-refractivity contribution in [2.45, 2.75) is 34.1 Å². The second-order valence-corrected chi connectivity index (χ2v) is 8.93. The van der Waals surface area contributed by atoms with Gasteiger partial charge in [-0.3, -0.25) is 19.5 Å². The third kappa shape index (κ3) is 7.49. The lowest BCUT2D eigenvalue weighted by Gasteiger charge is -2.39. The van der Waals surface area contributed by atoms with Crippen LogP contribution in [0.2, 0.25) is 0 Å². The molecule has 0 saturated carbocycles. The molecule has 2 atom stereocenters. The van der Waals surface area contributed by atoms with E-state index in [0.717, 1.165) is 45.2 Å². The zero-order valence-corrected chi connectivity index (χ0v) is 18.9. The third-order valence-electron chi connectivity index (χ3n) is 5.70. The molecular formula is C21H40N6O2. The van der Waals surface area contributed by atoms with Crippen LogP contribution in [0.3, 0.4) is 0 Å². The molecule has 0 spiro atoms. The quantitative estimate of drug-likeness (QED) is 0.379. The molecule has 0 aliphatic carbocycles. The van der Waals surface area contributed by atoms with Crippen molar-refractivity contribution >= 4 is 17.8 Å². The summed E-state index contributed by atoms with van der Waals surface area (Å²) in [6, 6.07) is 0. The smallest absolute Gasteiger partial charge is 0.236 e. The molecule has 2 amide bonds. The van der Waals surface area contributed by atoms with Gasteiger partial charge in [-0.1, -0.05) is 27.7 Å². The fourth-order valence-electron chi connectivity index (χ4n) is 4.17. The van der Waals surface area contributed by atoms with Crippen LogP contribution in [0, 0.1) is 17.8 Å². The number of piperazine rings is 1. The van der Waals surface area contributed by atoms with Gasteiger partial charge in [0, 0.05) is 65.3 Å². The van der Waals surface area contributed by atoms with Gasteiger partial charge in [0.05, 0.1) is 6.54 Å². The minimum Gasteiger partial charge on any atom is -0.354 e. The van der Waals surface area contributed by atoms with Crippen molar-refractivity contribution in [1.82, 2.24) is 25.3 Å². The molecule has 0 aromatic carbocycles. The van der Waals surface area contributed by atoms with Crippen LogP contribution >= 0.6 is 0 Å². The maximum absolute atomic E-state index is 12.7. The molecule has 8 heteroatoms. The van der Waals surface area contributed by atoms with Crippen molar-refractivity contribution in [2.24, 2.45) is 22.7 Å². The first-order valence-electron chi connectivity index (χ1n) is 11.0. The zero-order chi connectivity index (χ0) is 21.4. The fourth-order valence-corrected chi connectivity index (χ4v) is 4.17. The molecular weight excluding hydrogens is 368 g/mol. The van der Waals surface area contributed by atoms with Crippen molar-refractivity contribution in [3.63, 3.8) is 0 Å². The van der Waals surface area contributed by atoms with Gasteiger partial charge < -0.3 is 20.4 Å². The molecule has 166 valence electrons. The average Bonchev–Trinajstić information content (AvgIpc) is 2.68. The number of amides is 2. The summed E-state index contributed by atoms with van der Waals surface area (Å²) in [5, 5.41) is 6.22. The Morgan fingerprint density at radius 2 is 1.55 bits per heavy atom. The molecule has 2 N–H and O–H groups in total. The minimum atomic E-state index is 0.00135. The summed E-state index contributed by atoms with van der Waals surface area (Å²) in [5.41, 5.74) is 0. The van der Waals surface area contributed by atoms with Crippen LogP contribution in [0.4, 0.5) is 0 Å². The highest BCUT2D eigenvalue weighted by atomic mass is 16.2. The lowest BCUT2D eigenvalue weighted by molar-refractivity contribution is -0.135. The Balaban J connectivity index is 1.70. The summed E-state index contributed by atoms with van der Waals surface area (Å²) in [6.07, 6.45) is 1.22. The van der Waals surface area contributed by atoms with E-state index in [0.29, 0.717) is 31.5 Å². The molecule has 2 aliphatic rings. The summed E-state index contributed by atoms with van der Waals surface area (Å²) in [4.78, 5) is 35.2. The van der Waals surface area contributed by atoms with E-state index in [9.17, 15) is 9.59 Å². The molecule has 0 aromatic heterocycles. The number of likely N-dealkylation sites (tertiary alicyclic amines) is 1. The Bertz CT molecular complexity index is 562. The Morgan fingerprint density at radius 3 is 2.10 bits per heavy atom. The number of rotatable bonds is 6. The van der Waals surface area contributed by atoms with Gasteiger partial charge in [-0.25, -0.2) is 0 Å². The van der Waals surface area contributed by atoms with Crippen molar-refractivity contribution in [1.29, 1.82) is 0 Å². The standard InChI is InChI=1S/C21H40N6O2/c1-16(2)20(29)23-6-7-24-21(22-5)26-10-8-25(9-11-26)15-19(28)27-13-17(3)12-18(4)14-27/h16-18H,6-15H2,1-5H3,(H,22,24)(H,23,29). The molecule has 2 unspecified atom stereocenters. The predicted octanol–water partition coefficient (Wildman–Crippen LogP) is 0.456. The first-order chi connectivity index (χ1) is 13.8. The molecule has 2 aliphatic heterocycles. The summed E-state index contributed by atoms with van der Waals surface area (Å²) in [6.45, 7) is 15.2. The van der Waals surface area contributed by atoms with E-state index in [1.165, 1.54) is 6.42 Å². The number of carbonyl (C=O) groups is 2. The minimum absolute atomic E-state index is 0.00135. The van der Waals surface area contributed by atoms with Gasteiger partial charge >= 0.3 is 0 Å². The number of nitrogens with one attached hydrogen (secondary N) is 2. The Hall–Kier alpha value is -1.83. The maximum Gasteiger partial charge on any atom is 0.236 e. The average molecular weight is 409 g/mol. The summed E-state index contributed by atoms with van der Waals surface area (Å²) >= 11 is 0. The molecule has 2 saturated heterocycles. The number of guanidine groups is 1. The molecule has 29 heavy (non-hydrogen) atoms. The van der Waals surface area contributed by atoms with E-state index in [1.54, 1.807) is 7.05 Å². The van der Waals surface area contributed by atoms with Crippen molar-refractivity contribution in [3.8, 4) is 0 Å². The second-order valence-electron chi connectivity index (χ2n) is 8.93. The normalized spacial score (nSPS) is 24.0. The molecule has 2 heterocycles. The van der Waals surface area contributed by atoms with Gasteiger partial charge in [-0.2, -0.15) is 0 Å². The zero-order valence-electron chi connectivity index (χ0n) is 18.9. The highest BCUT2D eigenvalue weighted by Crippen LogP contribution is 2.21. The lowest BCUT2D eigenvalue weighted by Crippen LogP contribution is -2.55. The van der Waals surface area contributed by atoms with E-state index in [4.69, 9.17) is 0 Å². The topological polar surface area (TPSA) is 80.3 Å². The second kappa shape index (κ2) is 11.4. The fraction of sp³-hybridized carbons (Fsp3) is 0.857. The monoisotopic (exact) mass is 408 g/mol. The van der Waals surface area contributed by atoms with Crippen molar-refractivity contribution in [2.75, 3.05) is 66.0 Å². The van der Waals surface area contributed by atoms with Crippen molar-refractivity contribution < 1.29 is 9.59 Å². The van der Waals surface area contributed by atoms with Gasteiger partial charge in [-0.15, -0.1) is 0 Å². The van der Waals surface area contributed by atoms with Gasteiger partial charge in [0.15, 0.2) is 5.96 Å². The molecule has 2 rings (SSSR count). The van der Waals surface area contributed by atoms with Crippen LogP contribution in [0.5, 0.6) is 0 Å². The highest BCUT2D eigenvalue weighted by Gasteiger charge is 2.28. The van der Waals surface area contributed by atoms with E-state index in [2.05, 4.69) is 44.2 Å². The number of carbonyl (C=O) groups excluding carboxylic acids is 2. The van der Waals surface area contributed by atoms with Gasteiger partial charge in [0.25, 0.3) is 0 Å². The highest BCUT2D eigenvalue weighted by molar-refractivity contribution is 5.81. The Labute approximate surface area is 176 Å². The Morgan fingerprint density at radius 1 is 0.966 bits per heavy atom. The summed E-state index contributed by atoms with van der Waals surface area (Å²) < 4.78 is 0. The van der Waals surface area contributed by atoms with Crippen LogP contribution in [0.25, 0.3) is 0 Å². The summed E-state index contributed by atoms with van der Waals surface area (Å²) in [7, 11) is 1.78. The van der Waals surface area contributed by atoms with Crippen LogP contribution in [0.1, 0.15) is 34.1 Å². The van der Waals surface area contributed by atoms with E-state index in [-0.39, 0.29) is 17.7 Å². The van der Waals surface area contributed by atoms with Gasteiger partial charge in [0.2, 0.25) is 11.8 Å². The Kier molecular flexibility index (Phi) is 9.20. The number of hydrogen-bond acceptors (Lipinski definition) is 4. The van der Waals surface area contributed by atoms with E-state index in [1.807, 2.05) is 13.8 Å². The van der Waals surface area contributed by atoms with Gasteiger partial charge in [-0.05, 0) is 18.3 Å². The third-order valence-corrected chi connectivity index (χ3v) is 5.70. The summed E-state index contributed by atoms with van der Waals surface area (Å²) in [5.74, 6) is 2.38. The van der Waals surface area contributed by atoms with Crippen LogP contribution < -0.4 is 10.6 Å². The number of nitrogens with zero attached hydrogens (tertiary/aromatic N) is 4. The number of hydrogen-bond donors (Lipinski definition) is 2. The largest absolute Gasteiger partial charge is 0.354 e. The van der Waals surface area contributed by atoms with E-state index >= 15 is 0 Å². The van der Waals surface area contributed by atoms with Crippen LogP contribution in [0.15, 0.2) is 4.99 Å². The predicted molar refractivity (Wildman–Crippen MR) is 117 cm³/mol.